The maximum Gasteiger partial charge on any atom is 0.247 e. The highest BCUT2D eigenvalue weighted by Crippen LogP contribution is 2.25. The molecule has 2 amide bonds. The van der Waals surface area contributed by atoms with Crippen molar-refractivity contribution in [1.82, 2.24) is 5.32 Å². The number of fused-ring (bicyclic) bond motifs is 9. The lowest BCUT2D eigenvalue weighted by atomic mass is 10.0. The van der Waals surface area contributed by atoms with Crippen LogP contribution in [0, 0.1) is 11.3 Å². The molecular formula is C28H28N4O4S. The van der Waals surface area contributed by atoms with Crippen molar-refractivity contribution < 1.29 is 18.0 Å². The standard InChI is InChI=1S/C28H28N4O4S/c1-2-37(35,36)25-15-14-24-16-22(25)18-30-28(34)27(32-23-12-8-20(17-29)9-13-23)21-10-6-19(7-11-21)4-3-5-26(33)31-24/h6-16,27,32H,2-5,18H2,1H3,(H,30,34)(H,31,33). The van der Waals surface area contributed by atoms with Crippen molar-refractivity contribution >= 4 is 33.0 Å². The predicted molar refractivity (Wildman–Crippen MR) is 142 cm³/mol. The maximum atomic E-state index is 13.5. The Morgan fingerprint density at radius 1 is 1.00 bits per heavy atom. The van der Waals surface area contributed by atoms with Crippen LogP contribution >= 0.6 is 0 Å². The number of nitriles is 1. The molecule has 1 unspecified atom stereocenters. The number of carbonyl (C=O) groups excluding carboxylic acids is 2. The first-order chi connectivity index (χ1) is 17.8. The number of sulfone groups is 1. The van der Waals surface area contributed by atoms with Gasteiger partial charge in [0.05, 0.1) is 22.3 Å². The smallest absolute Gasteiger partial charge is 0.247 e. The van der Waals surface area contributed by atoms with E-state index in [0.29, 0.717) is 41.8 Å². The molecule has 0 aliphatic carbocycles. The fourth-order valence-electron chi connectivity index (χ4n) is 4.20. The van der Waals surface area contributed by atoms with Crippen molar-refractivity contribution in [3.8, 4) is 6.07 Å². The Kier molecular flexibility index (Phi) is 7.89. The molecule has 0 radical (unpaired) electrons. The van der Waals surface area contributed by atoms with Gasteiger partial charge in [0.1, 0.15) is 6.04 Å². The molecule has 3 N–H and O–H groups in total. The van der Waals surface area contributed by atoms with Gasteiger partial charge in [-0.05, 0) is 72.0 Å². The molecule has 1 atom stereocenters. The van der Waals surface area contributed by atoms with Gasteiger partial charge in [-0.2, -0.15) is 5.26 Å². The first-order valence-corrected chi connectivity index (χ1v) is 13.7. The quantitative estimate of drug-likeness (QED) is 0.479. The van der Waals surface area contributed by atoms with Crippen LogP contribution in [0.3, 0.4) is 0 Å². The second-order valence-corrected chi connectivity index (χ2v) is 11.1. The van der Waals surface area contributed by atoms with Crippen molar-refractivity contribution in [3.05, 3.63) is 89.0 Å². The number of nitrogens with zero attached hydrogens (tertiary/aromatic N) is 1. The molecule has 2 heterocycles. The highest BCUT2D eigenvalue weighted by Gasteiger charge is 2.23. The van der Waals surface area contributed by atoms with E-state index >= 15 is 0 Å². The van der Waals surface area contributed by atoms with E-state index in [-0.39, 0.29) is 29.0 Å². The molecule has 0 fully saturated rings. The summed E-state index contributed by atoms with van der Waals surface area (Å²) in [5.74, 6) is -0.593. The molecule has 3 aromatic carbocycles. The summed E-state index contributed by atoms with van der Waals surface area (Å²) < 4.78 is 25.4. The number of rotatable bonds is 4. The second kappa shape index (κ2) is 11.3. The second-order valence-electron chi connectivity index (χ2n) is 8.85. The van der Waals surface area contributed by atoms with Crippen LogP contribution in [-0.2, 0) is 32.4 Å². The van der Waals surface area contributed by atoms with Crippen LogP contribution in [0.2, 0.25) is 0 Å². The zero-order valence-electron chi connectivity index (χ0n) is 20.5. The highest BCUT2D eigenvalue weighted by molar-refractivity contribution is 7.91. The molecule has 0 spiro atoms. The van der Waals surface area contributed by atoms with Gasteiger partial charge in [0.25, 0.3) is 0 Å². The van der Waals surface area contributed by atoms with Gasteiger partial charge in [-0.1, -0.05) is 31.2 Å². The molecule has 4 bridgehead atoms. The van der Waals surface area contributed by atoms with E-state index in [4.69, 9.17) is 5.26 Å². The van der Waals surface area contributed by atoms with Gasteiger partial charge in [-0.25, -0.2) is 8.42 Å². The number of aryl methyl sites for hydroxylation is 1. The SMILES string of the molecule is CCS(=O)(=O)c1ccc2cc1CNC(=O)C(Nc1ccc(C#N)cc1)c1ccc(cc1)CCCC(=O)N2. The summed E-state index contributed by atoms with van der Waals surface area (Å²) in [6.45, 7) is 1.52. The lowest BCUT2D eigenvalue weighted by molar-refractivity contribution is -0.122. The first-order valence-electron chi connectivity index (χ1n) is 12.1. The molecule has 0 saturated carbocycles. The molecule has 190 valence electrons. The Bertz CT molecular complexity index is 1440. The predicted octanol–water partition coefficient (Wildman–Crippen LogP) is 4.10. The molecule has 2 aliphatic heterocycles. The molecule has 37 heavy (non-hydrogen) atoms. The maximum absolute atomic E-state index is 13.5. The highest BCUT2D eigenvalue weighted by atomic mass is 32.2. The van der Waals surface area contributed by atoms with Crippen LogP contribution < -0.4 is 16.0 Å². The summed E-state index contributed by atoms with van der Waals surface area (Å²) in [6, 6.07) is 20.4. The third-order valence-electron chi connectivity index (χ3n) is 6.28. The first kappa shape index (κ1) is 25.9. The minimum atomic E-state index is -3.56. The lowest BCUT2D eigenvalue weighted by Crippen LogP contribution is -2.33. The minimum absolute atomic E-state index is 0.0409. The largest absolute Gasteiger partial charge is 0.370 e. The third-order valence-corrected chi connectivity index (χ3v) is 8.11. The van der Waals surface area contributed by atoms with E-state index in [0.717, 1.165) is 11.1 Å². The number of amides is 2. The van der Waals surface area contributed by atoms with Crippen LogP contribution in [0.25, 0.3) is 0 Å². The van der Waals surface area contributed by atoms with Crippen LogP contribution in [0.5, 0.6) is 0 Å². The van der Waals surface area contributed by atoms with E-state index < -0.39 is 15.9 Å². The lowest BCUT2D eigenvalue weighted by Gasteiger charge is -2.21. The Morgan fingerprint density at radius 2 is 1.73 bits per heavy atom. The minimum Gasteiger partial charge on any atom is -0.370 e. The summed E-state index contributed by atoms with van der Waals surface area (Å²) in [5, 5.41) is 18.0. The van der Waals surface area contributed by atoms with Crippen molar-refractivity contribution in [2.24, 2.45) is 0 Å². The molecule has 2 aliphatic rings. The molecule has 0 saturated heterocycles. The van der Waals surface area contributed by atoms with Gasteiger partial charge in [0.2, 0.25) is 11.8 Å². The fourth-order valence-corrected chi connectivity index (χ4v) is 5.32. The molecule has 0 aromatic heterocycles. The van der Waals surface area contributed by atoms with Crippen LogP contribution in [0.1, 0.15) is 48.1 Å². The molecule has 3 aromatic rings. The van der Waals surface area contributed by atoms with Gasteiger partial charge in [-0.15, -0.1) is 0 Å². The van der Waals surface area contributed by atoms with Gasteiger partial charge in [-0.3, -0.25) is 9.59 Å². The number of hydrogen-bond donors (Lipinski definition) is 3. The third kappa shape index (κ3) is 6.35. The Balaban J connectivity index is 1.70. The fraction of sp³-hybridized carbons (Fsp3) is 0.250. The molecule has 8 nitrogen and oxygen atoms in total. The van der Waals surface area contributed by atoms with Crippen LogP contribution in [-0.4, -0.2) is 26.0 Å². The summed E-state index contributed by atoms with van der Waals surface area (Å²) in [5.41, 5.74) is 3.83. The van der Waals surface area contributed by atoms with Crippen molar-refractivity contribution in [1.29, 1.82) is 5.26 Å². The molecule has 5 rings (SSSR count). The average molecular weight is 517 g/mol. The summed E-state index contributed by atoms with van der Waals surface area (Å²) in [6.07, 6.45) is 1.67. The Hall–Kier alpha value is -4.16. The van der Waals surface area contributed by atoms with Crippen molar-refractivity contribution in [3.63, 3.8) is 0 Å². The zero-order valence-corrected chi connectivity index (χ0v) is 21.3. The number of anilines is 2. The number of benzene rings is 3. The number of nitrogens with one attached hydrogen (secondary N) is 3. The summed E-state index contributed by atoms with van der Waals surface area (Å²) in [4.78, 5) is 26.0. The molecule has 9 heteroatoms. The average Bonchev–Trinajstić information content (AvgIpc) is 2.90. The van der Waals surface area contributed by atoms with Crippen LogP contribution in [0.15, 0.2) is 71.6 Å². The molecular weight excluding hydrogens is 488 g/mol. The van der Waals surface area contributed by atoms with E-state index in [1.54, 1.807) is 43.3 Å². The summed E-state index contributed by atoms with van der Waals surface area (Å²) in [7, 11) is -3.56. The summed E-state index contributed by atoms with van der Waals surface area (Å²) >= 11 is 0. The Labute approximate surface area is 216 Å². The van der Waals surface area contributed by atoms with Crippen LogP contribution in [0.4, 0.5) is 11.4 Å². The monoisotopic (exact) mass is 516 g/mol. The normalized spacial score (nSPS) is 16.4. The zero-order chi connectivity index (χ0) is 26.4. The van der Waals surface area contributed by atoms with Gasteiger partial charge >= 0.3 is 0 Å². The van der Waals surface area contributed by atoms with Crippen molar-refractivity contribution in [2.45, 2.75) is 43.7 Å². The Morgan fingerprint density at radius 3 is 2.41 bits per heavy atom. The number of hydrogen-bond acceptors (Lipinski definition) is 6. The van der Waals surface area contributed by atoms with Crippen molar-refractivity contribution in [2.75, 3.05) is 16.4 Å². The van der Waals surface area contributed by atoms with Gasteiger partial charge in [0.15, 0.2) is 9.84 Å². The van der Waals surface area contributed by atoms with E-state index in [1.165, 1.54) is 6.07 Å². The number of carbonyl (C=O) groups is 2. The van der Waals surface area contributed by atoms with Gasteiger partial charge in [0, 0.05) is 24.3 Å². The van der Waals surface area contributed by atoms with Gasteiger partial charge < -0.3 is 16.0 Å². The topological polar surface area (TPSA) is 128 Å². The van der Waals surface area contributed by atoms with E-state index in [1.807, 2.05) is 24.3 Å². The van der Waals surface area contributed by atoms with E-state index in [2.05, 4.69) is 22.0 Å². The van der Waals surface area contributed by atoms with E-state index in [9.17, 15) is 18.0 Å².